The van der Waals surface area contributed by atoms with Crippen molar-refractivity contribution in [2.75, 3.05) is 18.8 Å². The van der Waals surface area contributed by atoms with Gasteiger partial charge in [-0.3, -0.25) is 19.8 Å². The number of imide groups is 1. The van der Waals surface area contributed by atoms with Gasteiger partial charge in [0.25, 0.3) is 0 Å². The van der Waals surface area contributed by atoms with E-state index in [-0.39, 0.29) is 17.9 Å². The van der Waals surface area contributed by atoms with Gasteiger partial charge in [-0.15, -0.1) is 11.8 Å². The van der Waals surface area contributed by atoms with E-state index in [1.54, 1.807) is 11.8 Å². The minimum Gasteiger partial charge on any atom is -0.294 e. The Balaban J connectivity index is 1.82. The molecule has 1 aliphatic rings. The fraction of sp³-hybridized carbons (Fsp3) is 0.385. The summed E-state index contributed by atoms with van der Waals surface area (Å²) in [6.07, 6.45) is 0. The first-order valence-electron chi connectivity index (χ1n) is 5.92. The highest BCUT2D eigenvalue weighted by Crippen LogP contribution is 2.17. The molecule has 1 N–H and O–H groups in total. The number of piperazine rings is 1. The van der Waals surface area contributed by atoms with Crippen LogP contribution in [0.1, 0.15) is 6.92 Å². The van der Waals surface area contributed by atoms with Crippen LogP contribution in [0.4, 0.5) is 0 Å². The maximum absolute atomic E-state index is 11.5. The first-order chi connectivity index (χ1) is 8.66. The minimum absolute atomic E-state index is 0.198. The van der Waals surface area contributed by atoms with Crippen LogP contribution < -0.4 is 5.32 Å². The molecule has 5 heteroatoms. The summed E-state index contributed by atoms with van der Waals surface area (Å²) in [6.45, 7) is 2.87. The highest BCUT2D eigenvalue weighted by Gasteiger charge is 2.29. The molecule has 1 unspecified atom stereocenters. The quantitative estimate of drug-likeness (QED) is 0.654. The molecule has 1 heterocycles. The van der Waals surface area contributed by atoms with Crippen LogP contribution in [0.3, 0.4) is 0 Å². The van der Waals surface area contributed by atoms with Gasteiger partial charge in [-0.05, 0) is 19.1 Å². The van der Waals surface area contributed by atoms with Crippen LogP contribution in [0.15, 0.2) is 35.2 Å². The SMILES string of the molecule is CC1C(=O)NC(=O)CN1CCSc1ccccc1. The second-order valence-electron chi connectivity index (χ2n) is 4.22. The third-order valence-corrected chi connectivity index (χ3v) is 3.92. The monoisotopic (exact) mass is 264 g/mol. The number of carbonyl (C=O) groups excluding carboxylic acids is 2. The lowest BCUT2D eigenvalue weighted by Crippen LogP contribution is -2.57. The van der Waals surface area contributed by atoms with Gasteiger partial charge in [0.2, 0.25) is 11.8 Å². The summed E-state index contributed by atoms with van der Waals surface area (Å²) in [5, 5.41) is 2.34. The molecule has 1 saturated heterocycles. The molecule has 1 aromatic rings. The fourth-order valence-electron chi connectivity index (χ4n) is 1.84. The number of nitrogens with one attached hydrogen (secondary N) is 1. The zero-order chi connectivity index (χ0) is 13.0. The minimum atomic E-state index is -0.223. The number of hydrogen-bond acceptors (Lipinski definition) is 4. The molecule has 0 aromatic heterocycles. The first kappa shape index (κ1) is 13.1. The molecule has 0 spiro atoms. The Morgan fingerprint density at radius 3 is 2.78 bits per heavy atom. The number of carbonyl (C=O) groups is 2. The van der Waals surface area contributed by atoms with Crippen molar-refractivity contribution < 1.29 is 9.59 Å². The van der Waals surface area contributed by atoms with Crippen molar-refractivity contribution in [1.29, 1.82) is 0 Å². The van der Waals surface area contributed by atoms with Crippen LogP contribution >= 0.6 is 11.8 Å². The summed E-state index contributed by atoms with van der Waals surface area (Å²) < 4.78 is 0. The highest BCUT2D eigenvalue weighted by atomic mass is 32.2. The summed E-state index contributed by atoms with van der Waals surface area (Å²) in [5.74, 6) is 0.466. The third-order valence-electron chi connectivity index (χ3n) is 2.93. The molecule has 96 valence electrons. The topological polar surface area (TPSA) is 49.4 Å². The molecule has 0 radical (unpaired) electrons. The Morgan fingerprint density at radius 2 is 2.06 bits per heavy atom. The van der Waals surface area contributed by atoms with E-state index in [0.717, 1.165) is 12.3 Å². The molecule has 2 amide bonds. The van der Waals surface area contributed by atoms with Gasteiger partial charge in [0.05, 0.1) is 12.6 Å². The van der Waals surface area contributed by atoms with Gasteiger partial charge in [-0.25, -0.2) is 0 Å². The van der Waals surface area contributed by atoms with Crippen molar-refractivity contribution in [3.05, 3.63) is 30.3 Å². The molecule has 0 saturated carbocycles. The smallest absolute Gasteiger partial charge is 0.243 e. The molecule has 0 aliphatic carbocycles. The summed E-state index contributed by atoms with van der Waals surface area (Å²) in [4.78, 5) is 25.9. The normalized spacial score (nSPS) is 20.8. The van der Waals surface area contributed by atoms with E-state index in [9.17, 15) is 9.59 Å². The Labute approximate surface area is 111 Å². The Morgan fingerprint density at radius 1 is 1.33 bits per heavy atom. The summed E-state index contributed by atoms with van der Waals surface area (Å²) >= 11 is 1.73. The lowest BCUT2D eigenvalue weighted by atomic mass is 10.2. The van der Waals surface area contributed by atoms with E-state index in [2.05, 4.69) is 17.4 Å². The zero-order valence-electron chi connectivity index (χ0n) is 10.3. The van der Waals surface area contributed by atoms with Crippen molar-refractivity contribution in [2.24, 2.45) is 0 Å². The third kappa shape index (κ3) is 3.34. The van der Waals surface area contributed by atoms with Crippen molar-refractivity contribution >= 4 is 23.6 Å². The largest absolute Gasteiger partial charge is 0.294 e. The summed E-state index contributed by atoms with van der Waals surface area (Å²) in [5.41, 5.74) is 0. The number of amides is 2. The molecule has 18 heavy (non-hydrogen) atoms. The summed E-state index contributed by atoms with van der Waals surface area (Å²) in [6, 6.07) is 9.88. The van der Waals surface area contributed by atoms with Gasteiger partial charge in [-0.1, -0.05) is 18.2 Å². The maximum Gasteiger partial charge on any atom is 0.243 e. The molecule has 0 bridgehead atoms. The number of hydrogen-bond donors (Lipinski definition) is 1. The molecule has 1 aliphatic heterocycles. The summed E-state index contributed by atoms with van der Waals surface area (Å²) in [7, 11) is 0. The van der Waals surface area contributed by atoms with Gasteiger partial charge in [-0.2, -0.15) is 0 Å². The van der Waals surface area contributed by atoms with Crippen molar-refractivity contribution in [3.63, 3.8) is 0 Å². The number of rotatable bonds is 4. The van der Waals surface area contributed by atoms with Gasteiger partial charge >= 0.3 is 0 Å². The molecular weight excluding hydrogens is 248 g/mol. The van der Waals surface area contributed by atoms with Gasteiger partial charge < -0.3 is 0 Å². The lowest BCUT2D eigenvalue weighted by molar-refractivity contribution is -0.139. The van der Waals surface area contributed by atoms with Crippen molar-refractivity contribution in [3.8, 4) is 0 Å². The van der Waals surface area contributed by atoms with Crippen molar-refractivity contribution in [1.82, 2.24) is 10.2 Å². The molecule has 1 fully saturated rings. The number of benzene rings is 1. The van der Waals surface area contributed by atoms with Crippen molar-refractivity contribution in [2.45, 2.75) is 17.9 Å². The van der Waals surface area contributed by atoms with E-state index in [1.165, 1.54) is 4.90 Å². The molecule has 1 aromatic carbocycles. The van der Waals surface area contributed by atoms with Crippen LogP contribution in [0.25, 0.3) is 0 Å². The van der Waals surface area contributed by atoms with Gasteiger partial charge in [0.15, 0.2) is 0 Å². The van der Waals surface area contributed by atoms with E-state index in [4.69, 9.17) is 0 Å². The zero-order valence-corrected chi connectivity index (χ0v) is 11.1. The Hall–Kier alpha value is -1.33. The van der Waals surface area contributed by atoms with E-state index in [1.807, 2.05) is 30.0 Å². The van der Waals surface area contributed by atoms with Crippen LogP contribution in [-0.4, -0.2) is 41.6 Å². The molecule has 2 rings (SSSR count). The van der Waals surface area contributed by atoms with Gasteiger partial charge in [0.1, 0.15) is 0 Å². The predicted molar refractivity (Wildman–Crippen MR) is 71.4 cm³/mol. The molecule has 1 atom stereocenters. The predicted octanol–water partition coefficient (Wildman–Crippen LogP) is 1.13. The average Bonchev–Trinajstić information content (AvgIpc) is 2.36. The molecule has 4 nitrogen and oxygen atoms in total. The standard InChI is InChI=1S/C13H16N2O2S/c1-10-13(17)14-12(16)9-15(10)7-8-18-11-5-3-2-4-6-11/h2-6,10H,7-9H2,1H3,(H,14,16,17). The van der Waals surface area contributed by atoms with E-state index in [0.29, 0.717) is 6.54 Å². The lowest BCUT2D eigenvalue weighted by Gasteiger charge is -2.31. The van der Waals surface area contributed by atoms with Crippen LogP contribution in [0.2, 0.25) is 0 Å². The van der Waals surface area contributed by atoms with Crippen LogP contribution in [-0.2, 0) is 9.59 Å². The Kier molecular flexibility index (Phi) is 4.38. The second-order valence-corrected chi connectivity index (χ2v) is 5.39. The van der Waals surface area contributed by atoms with E-state index >= 15 is 0 Å². The highest BCUT2D eigenvalue weighted by molar-refractivity contribution is 7.99. The van der Waals surface area contributed by atoms with E-state index < -0.39 is 0 Å². The average molecular weight is 264 g/mol. The number of nitrogens with zero attached hydrogens (tertiary/aromatic N) is 1. The molecular formula is C13H16N2O2S. The van der Waals surface area contributed by atoms with Crippen LogP contribution in [0.5, 0.6) is 0 Å². The fourth-order valence-corrected chi connectivity index (χ4v) is 2.75. The maximum atomic E-state index is 11.5. The van der Waals surface area contributed by atoms with Gasteiger partial charge in [0, 0.05) is 17.2 Å². The second kappa shape index (κ2) is 6.02. The first-order valence-corrected chi connectivity index (χ1v) is 6.91. The Bertz CT molecular complexity index is 436. The number of thioether (sulfide) groups is 1. The van der Waals surface area contributed by atoms with Crippen LogP contribution in [0, 0.1) is 0 Å².